The summed E-state index contributed by atoms with van der Waals surface area (Å²) in [5, 5.41) is 0.324. The molecule has 0 aromatic rings. The molecular weight excluding hydrogens is 238 g/mol. The fraction of sp³-hybridized carbons (Fsp3) is 1.00. The summed E-state index contributed by atoms with van der Waals surface area (Å²) in [6, 6.07) is 0. The molecule has 0 aromatic heterocycles. The van der Waals surface area contributed by atoms with E-state index in [1.165, 1.54) is 11.4 Å². The van der Waals surface area contributed by atoms with E-state index in [0.717, 1.165) is 6.42 Å². The molecule has 0 aliphatic heterocycles. The summed E-state index contributed by atoms with van der Waals surface area (Å²) in [5.74, 6) is 0. The van der Waals surface area contributed by atoms with Crippen LogP contribution in [0.5, 0.6) is 0 Å². The zero-order valence-corrected chi connectivity index (χ0v) is 13.7. The first-order chi connectivity index (χ1) is 5.02. The van der Waals surface area contributed by atoms with E-state index in [1.54, 1.807) is 6.92 Å². The Morgan fingerprint density at radius 3 is 2.42 bits per heavy atom. The van der Waals surface area contributed by atoms with Crippen LogP contribution in [0.25, 0.3) is 0 Å². The van der Waals surface area contributed by atoms with Gasteiger partial charge in [0.2, 0.25) is 0 Å². The van der Waals surface area contributed by atoms with Gasteiger partial charge < -0.3 is 9.42 Å². The van der Waals surface area contributed by atoms with Crippen LogP contribution in [0.4, 0.5) is 0 Å². The van der Waals surface area contributed by atoms with Gasteiger partial charge in [-0.25, -0.2) is 0 Å². The molecule has 0 saturated carbocycles. The molecule has 2 atom stereocenters. The molecule has 2 unspecified atom stereocenters. The molecule has 2 nitrogen and oxygen atoms in total. The Kier molecular flexibility index (Phi) is 12.5. The first-order valence-corrected chi connectivity index (χ1v) is 7.78. The summed E-state index contributed by atoms with van der Waals surface area (Å²) in [5.41, 5.74) is -2.77. The van der Waals surface area contributed by atoms with E-state index in [1.807, 2.05) is 13.8 Å². The third kappa shape index (κ3) is 9.12. The average Bonchev–Trinajstić information content (AvgIpc) is 1.86. The molecule has 0 radical (unpaired) electrons. The van der Waals surface area contributed by atoms with Crippen LogP contribution in [-0.4, -0.2) is 11.9 Å². The Morgan fingerprint density at radius 2 is 2.08 bits per heavy atom. The second-order valence-corrected chi connectivity index (χ2v) is 8.57. The van der Waals surface area contributed by atoms with Gasteiger partial charge in [0, 0.05) is 17.6 Å². The molecule has 0 heterocycles. The van der Waals surface area contributed by atoms with Gasteiger partial charge in [-0.05, 0) is 13.3 Å². The summed E-state index contributed by atoms with van der Waals surface area (Å²) < 4.78 is 4.94. The van der Waals surface area contributed by atoms with Crippen molar-refractivity contribution < 1.29 is 60.8 Å². The van der Waals surface area contributed by atoms with E-state index < -0.39 is 5.69 Å². The maximum Gasteiger partial charge on any atom is 1.00 e. The van der Waals surface area contributed by atoms with Gasteiger partial charge in [0.15, 0.2) is 0 Å². The van der Waals surface area contributed by atoms with Crippen molar-refractivity contribution in [1.29, 1.82) is 0 Å². The smallest absolute Gasteiger partial charge is 0.793 e. The zero-order chi connectivity index (χ0) is 8.91. The van der Waals surface area contributed by atoms with Gasteiger partial charge in [-0.1, -0.05) is 25.7 Å². The Morgan fingerprint density at radius 1 is 1.58 bits per heavy atom. The molecule has 12 heavy (non-hydrogen) atoms. The second-order valence-electron chi connectivity index (χ2n) is 2.19. The quantitative estimate of drug-likeness (QED) is 0.471. The molecular formula is C6H14KO2PS2. The molecule has 0 spiro atoms. The zero-order valence-electron chi connectivity index (χ0n) is 8.07. The van der Waals surface area contributed by atoms with Gasteiger partial charge >= 0.3 is 51.4 Å². The van der Waals surface area contributed by atoms with E-state index in [0.29, 0.717) is 11.9 Å². The van der Waals surface area contributed by atoms with Crippen LogP contribution in [0, 0.1) is 0 Å². The molecule has 0 N–H and O–H groups in total. The van der Waals surface area contributed by atoms with Crippen LogP contribution < -0.4 is 56.3 Å². The second kappa shape index (κ2) is 8.83. The Labute approximate surface area is 127 Å². The fourth-order valence-electron chi connectivity index (χ4n) is 0.483. The SMILES string of the molecule is CCOP([O-])(=S)SC(C)CC.[K+]. The van der Waals surface area contributed by atoms with Crippen LogP contribution in [0.3, 0.4) is 0 Å². The first kappa shape index (κ1) is 17.0. The van der Waals surface area contributed by atoms with Gasteiger partial charge in [-0.3, -0.25) is 0 Å². The predicted octanol–water partition coefficient (Wildman–Crippen LogP) is -0.857. The molecule has 0 fully saturated rings. The van der Waals surface area contributed by atoms with Gasteiger partial charge in [-0.2, -0.15) is 0 Å². The van der Waals surface area contributed by atoms with Crippen molar-refractivity contribution in [1.82, 2.24) is 0 Å². The van der Waals surface area contributed by atoms with Gasteiger partial charge in [0.1, 0.15) is 0 Å². The molecule has 0 rings (SSSR count). The normalized spacial score (nSPS) is 17.7. The molecule has 0 aromatic carbocycles. The topological polar surface area (TPSA) is 32.3 Å². The molecule has 0 aliphatic carbocycles. The van der Waals surface area contributed by atoms with Crippen LogP contribution in [-0.2, 0) is 16.3 Å². The van der Waals surface area contributed by atoms with Crippen LogP contribution >= 0.6 is 17.1 Å². The predicted molar refractivity (Wildman–Crippen MR) is 53.3 cm³/mol. The summed E-state index contributed by atoms with van der Waals surface area (Å²) >= 11 is 6.06. The monoisotopic (exact) mass is 252 g/mol. The van der Waals surface area contributed by atoms with Crippen LogP contribution in [0.2, 0.25) is 0 Å². The van der Waals surface area contributed by atoms with Crippen molar-refractivity contribution in [2.24, 2.45) is 0 Å². The minimum Gasteiger partial charge on any atom is -0.793 e. The molecule has 0 bridgehead atoms. The van der Waals surface area contributed by atoms with E-state index in [9.17, 15) is 4.89 Å². The van der Waals surface area contributed by atoms with Gasteiger partial charge in [0.25, 0.3) is 0 Å². The van der Waals surface area contributed by atoms with E-state index in [2.05, 4.69) is 0 Å². The van der Waals surface area contributed by atoms with Crippen molar-refractivity contribution in [3.05, 3.63) is 0 Å². The maximum absolute atomic E-state index is 11.3. The number of hydrogen-bond donors (Lipinski definition) is 0. The standard InChI is InChI=1S/C6H15O2PS2.K/c1-4-6(3)11-9(7,10)8-5-2;/h6H,4-5H2,1-3H3,(H,7,10);/q;+1/p-1. The van der Waals surface area contributed by atoms with Crippen molar-refractivity contribution >= 4 is 28.9 Å². The third-order valence-electron chi connectivity index (χ3n) is 1.17. The summed E-state index contributed by atoms with van der Waals surface area (Å²) in [4.78, 5) is 11.3. The van der Waals surface area contributed by atoms with Gasteiger partial charge in [0.05, 0.1) is 0 Å². The largest absolute Gasteiger partial charge is 1.00 e. The van der Waals surface area contributed by atoms with Crippen molar-refractivity contribution in [3.8, 4) is 0 Å². The van der Waals surface area contributed by atoms with Crippen LogP contribution in [0.15, 0.2) is 0 Å². The Balaban J connectivity index is 0. The average molecular weight is 252 g/mol. The van der Waals surface area contributed by atoms with E-state index >= 15 is 0 Å². The molecule has 0 saturated heterocycles. The maximum atomic E-state index is 11.3. The van der Waals surface area contributed by atoms with Gasteiger partial charge in [-0.15, -0.1) is 11.4 Å². The minimum atomic E-state index is -2.77. The molecule has 6 heteroatoms. The van der Waals surface area contributed by atoms with Crippen LogP contribution in [0.1, 0.15) is 27.2 Å². The minimum absolute atomic E-state index is 0. The number of rotatable bonds is 5. The van der Waals surface area contributed by atoms with E-state index in [4.69, 9.17) is 16.3 Å². The molecule has 0 aliphatic rings. The van der Waals surface area contributed by atoms with Crippen molar-refractivity contribution in [2.75, 3.05) is 6.61 Å². The summed E-state index contributed by atoms with van der Waals surface area (Å²) in [6.07, 6.45) is 0.971. The first-order valence-electron chi connectivity index (χ1n) is 3.65. The number of hydrogen-bond acceptors (Lipinski definition) is 4. The van der Waals surface area contributed by atoms with Crippen molar-refractivity contribution in [3.63, 3.8) is 0 Å². The van der Waals surface area contributed by atoms with Crippen molar-refractivity contribution in [2.45, 2.75) is 32.4 Å². The summed E-state index contributed by atoms with van der Waals surface area (Å²) in [6.45, 7) is 6.28. The Bertz CT molecular complexity index is 156. The third-order valence-corrected chi connectivity index (χ3v) is 5.96. The fourth-order valence-corrected chi connectivity index (χ4v) is 5.36. The molecule has 0 amide bonds. The van der Waals surface area contributed by atoms with E-state index in [-0.39, 0.29) is 51.4 Å². The Hall–Kier alpha value is 2.56. The summed E-state index contributed by atoms with van der Waals surface area (Å²) in [7, 11) is 0. The molecule has 68 valence electrons.